The number of carbonyl (C=O) groups excluding carboxylic acids is 2. The van der Waals surface area contributed by atoms with Gasteiger partial charge in [-0.05, 0) is 42.5 Å². The molecule has 0 spiro atoms. The molecule has 1 saturated heterocycles. The summed E-state index contributed by atoms with van der Waals surface area (Å²) in [5.41, 5.74) is 1.72. The molecular formula is C21H20Cl2FN3O2. The minimum atomic E-state index is -0.414. The third kappa shape index (κ3) is 5.08. The normalized spacial score (nSPS) is 13.9. The quantitative estimate of drug-likeness (QED) is 0.720. The number of rotatable bonds is 5. The first-order chi connectivity index (χ1) is 13.9. The summed E-state index contributed by atoms with van der Waals surface area (Å²) in [7, 11) is 0. The van der Waals surface area contributed by atoms with Crippen molar-refractivity contribution in [2.75, 3.05) is 38.0 Å². The van der Waals surface area contributed by atoms with Crippen LogP contribution in [0.2, 0.25) is 10.0 Å². The van der Waals surface area contributed by atoms with Gasteiger partial charge in [0.2, 0.25) is 11.8 Å². The number of hydrogen-bond donors (Lipinski definition) is 1. The number of halogens is 3. The largest absolute Gasteiger partial charge is 0.376 e. The van der Waals surface area contributed by atoms with E-state index in [4.69, 9.17) is 23.2 Å². The summed E-state index contributed by atoms with van der Waals surface area (Å²) in [6, 6.07) is 9.23. The number of nitrogens with zero attached hydrogens (tertiary/aromatic N) is 2. The van der Waals surface area contributed by atoms with Crippen molar-refractivity contribution in [2.24, 2.45) is 0 Å². The van der Waals surface area contributed by atoms with E-state index in [2.05, 4.69) is 11.9 Å². The summed E-state index contributed by atoms with van der Waals surface area (Å²) < 4.78 is 13.6. The average Bonchev–Trinajstić information content (AvgIpc) is 2.74. The zero-order chi connectivity index (χ0) is 21.0. The summed E-state index contributed by atoms with van der Waals surface area (Å²) in [6.07, 6.45) is 1.28. The zero-order valence-corrected chi connectivity index (χ0v) is 17.1. The van der Waals surface area contributed by atoms with Crippen molar-refractivity contribution >= 4 is 40.7 Å². The summed E-state index contributed by atoms with van der Waals surface area (Å²) in [6.45, 7) is 5.49. The van der Waals surface area contributed by atoms with E-state index >= 15 is 0 Å². The zero-order valence-electron chi connectivity index (χ0n) is 15.6. The van der Waals surface area contributed by atoms with Crippen LogP contribution in [-0.4, -0.2) is 54.3 Å². The van der Waals surface area contributed by atoms with Gasteiger partial charge < -0.3 is 15.1 Å². The second-order valence-corrected chi connectivity index (χ2v) is 7.40. The second-order valence-electron chi connectivity index (χ2n) is 6.58. The molecule has 1 heterocycles. The standard InChI is InChI=1S/C21H20Cl2FN3O2/c1-2-20(28)26-7-9-27(10-8-26)21(29)13-25-15-4-6-19(23)17(12-15)16-11-14(24)3-5-18(16)22/h2-6,11-12,25H,1,7-10,13H2. The van der Waals surface area contributed by atoms with E-state index in [1.807, 2.05) is 0 Å². The van der Waals surface area contributed by atoms with Crippen LogP contribution in [0.3, 0.4) is 0 Å². The lowest BCUT2D eigenvalue weighted by Gasteiger charge is -2.34. The van der Waals surface area contributed by atoms with Gasteiger partial charge in [0.1, 0.15) is 5.82 Å². The Bertz CT molecular complexity index is 944. The van der Waals surface area contributed by atoms with Crippen molar-refractivity contribution in [1.82, 2.24) is 9.80 Å². The predicted octanol–water partition coefficient (Wildman–Crippen LogP) is 4.07. The van der Waals surface area contributed by atoms with Gasteiger partial charge in [-0.2, -0.15) is 0 Å². The van der Waals surface area contributed by atoms with Gasteiger partial charge in [0.05, 0.1) is 6.54 Å². The number of hydrogen-bond acceptors (Lipinski definition) is 3. The van der Waals surface area contributed by atoms with E-state index in [1.54, 1.807) is 28.0 Å². The molecule has 0 aliphatic carbocycles. The smallest absolute Gasteiger partial charge is 0.246 e. The fourth-order valence-corrected chi connectivity index (χ4v) is 3.58. The van der Waals surface area contributed by atoms with Gasteiger partial charge in [0.25, 0.3) is 0 Å². The monoisotopic (exact) mass is 435 g/mol. The van der Waals surface area contributed by atoms with Crippen LogP contribution in [0.4, 0.5) is 10.1 Å². The fourth-order valence-electron chi connectivity index (χ4n) is 3.14. The lowest BCUT2D eigenvalue weighted by Crippen LogP contribution is -2.51. The number of piperazine rings is 1. The molecule has 3 rings (SSSR count). The molecule has 0 radical (unpaired) electrons. The van der Waals surface area contributed by atoms with Crippen molar-refractivity contribution in [2.45, 2.75) is 0 Å². The SMILES string of the molecule is C=CC(=O)N1CCN(C(=O)CNc2ccc(Cl)c(-c3cc(F)ccc3Cl)c2)CC1. The van der Waals surface area contributed by atoms with Crippen molar-refractivity contribution in [3.63, 3.8) is 0 Å². The van der Waals surface area contributed by atoms with Crippen molar-refractivity contribution in [3.05, 3.63) is 64.9 Å². The molecule has 2 amide bonds. The molecule has 2 aromatic rings. The van der Waals surface area contributed by atoms with E-state index in [-0.39, 0.29) is 18.4 Å². The summed E-state index contributed by atoms with van der Waals surface area (Å²) in [5, 5.41) is 3.89. The highest BCUT2D eigenvalue weighted by molar-refractivity contribution is 6.36. The minimum absolute atomic E-state index is 0.0732. The predicted molar refractivity (Wildman–Crippen MR) is 114 cm³/mol. The first-order valence-corrected chi connectivity index (χ1v) is 9.82. The van der Waals surface area contributed by atoms with Crippen LogP contribution < -0.4 is 5.32 Å². The van der Waals surface area contributed by atoms with Gasteiger partial charge in [-0.3, -0.25) is 9.59 Å². The summed E-state index contributed by atoms with van der Waals surface area (Å²) >= 11 is 12.5. The van der Waals surface area contributed by atoms with E-state index < -0.39 is 5.82 Å². The molecule has 0 atom stereocenters. The molecule has 0 bridgehead atoms. The Kier molecular flexibility index (Phi) is 6.77. The van der Waals surface area contributed by atoms with E-state index in [9.17, 15) is 14.0 Å². The third-order valence-electron chi connectivity index (χ3n) is 4.75. The van der Waals surface area contributed by atoms with Crippen LogP contribution in [0.15, 0.2) is 49.1 Å². The van der Waals surface area contributed by atoms with Gasteiger partial charge in [0, 0.05) is 53.0 Å². The van der Waals surface area contributed by atoms with Crippen LogP contribution in [0, 0.1) is 5.82 Å². The Balaban J connectivity index is 1.64. The van der Waals surface area contributed by atoms with Crippen molar-refractivity contribution in [3.8, 4) is 11.1 Å². The van der Waals surface area contributed by atoms with Crippen LogP contribution in [0.25, 0.3) is 11.1 Å². The second kappa shape index (κ2) is 9.29. The van der Waals surface area contributed by atoms with Crippen molar-refractivity contribution < 1.29 is 14.0 Å². The highest BCUT2D eigenvalue weighted by Crippen LogP contribution is 2.35. The Morgan fingerprint density at radius 2 is 1.59 bits per heavy atom. The number of benzene rings is 2. The third-order valence-corrected chi connectivity index (χ3v) is 5.41. The molecule has 1 aliphatic heterocycles. The first-order valence-electron chi connectivity index (χ1n) is 9.07. The molecule has 5 nitrogen and oxygen atoms in total. The van der Waals surface area contributed by atoms with Crippen molar-refractivity contribution in [1.29, 1.82) is 0 Å². The Hall–Kier alpha value is -2.57. The molecule has 0 aromatic heterocycles. The van der Waals surface area contributed by atoms with Gasteiger partial charge in [-0.25, -0.2) is 4.39 Å². The minimum Gasteiger partial charge on any atom is -0.376 e. The molecule has 8 heteroatoms. The molecule has 1 fully saturated rings. The van der Waals surface area contributed by atoms with E-state index in [0.29, 0.717) is 53.0 Å². The van der Waals surface area contributed by atoms with E-state index in [1.165, 1.54) is 24.3 Å². The average molecular weight is 436 g/mol. The van der Waals surface area contributed by atoms with Crippen LogP contribution in [0.1, 0.15) is 0 Å². The van der Waals surface area contributed by atoms with Crippen LogP contribution in [0.5, 0.6) is 0 Å². The topological polar surface area (TPSA) is 52.7 Å². The Morgan fingerprint density at radius 3 is 2.24 bits per heavy atom. The maximum absolute atomic E-state index is 13.6. The highest BCUT2D eigenvalue weighted by Gasteiger charge is 2.22. The Labute approximate surface area is 178 Å². The molecule has 2 aromatic carbocycles. The lowest BCUT2D eigenvalue weighted by atomic mass is 10.0. The number of carbonyl (C=O) groups is 2. The number of amides is 2. The van der Waals surface area contributed by atoms with Crippen LogP contribution >= 0.6 is 23.2 Å². The highest BCUT2D eigenvalue weighted by atomic mass is 35.5. The van der Waals surface area contributed by atoms with Crippen LogP contribution in [-0.2, 0) is 9.59 Å². The summed E-state index contributed by atoms with van der Waals surface area (Å²) in [4.78, 5) is 27.5. The molecular weight excluding hydrogens is 416 g/mol. The molecule has 1 N–H and O–H groups in total. The van der Waals surface area contributed by atoms with Gasteiger partial charge in [0.15, 0.2) is 0 Å². The lowest BCUT2D eigenvalue weighted by molar-refractivity contribution is -0.135. The van der Waals surface area contributed by atoms with Gasteiger partial charge in [-0.1, -0.05) is 29.8 Å². The van der Waals surface area contributed by atoms with E-state index in [0.717, 1.165) is 0 Å². The molecule has 0 unspecified atom stereocenters. The van der Waals surface area contributed by atoms with Gasteiger partial charge in [-0.15, -0.1) is 0 Å². The molecule has 152 valence electrons. The fraction of sp³-hybridized carbons (Fsp3) is 0.238. The maximum Gasteiger partial charge on any atom is 0.246 e. The summed E-state index contributed by atoms with van der Waals surface area (Å²) in [5.74, 6) is -0.612. The Morgan fingerprint density at radius 1 is 1.00 bits per heavy atom. The molecule has 0 saturated carbocycles. The number of anilines is 1. The molecule has 29 heavy (non-hydrogen) atoms. The maximum atomic E-state index is 13.6. The van der Waals surface area contributed by atoms with Gasteiger partial charge >= 0.3 is 0 Å². The number of nitrogens with one attached hydrogen (secondary N) is 1. The first kappa shape index (κ1) is 21.1. The molecule has 1 aliphatic rings.